The lowest BCUT2D eigenvalue weighted by molar-refractivity contribution is -0.140. The van der Waals surface area contributed by atoms with Crippen LogP contribution in [0.3, 0.4) is 0 Å². The molecule has 2 aliphatic rings. The van der Waals surface area contributed by atoms with Crippen molar-refractivity contribution < 1.29 is 14.7 Å². The summed E-state index contributed by atoms with van der Waals surface area (Å²) < 4.78 is 0.255. The van der Waals surface area contributed by atoms with Gasteiger partial charge in [0.25, 0.3) is 5.91 Å². The molecule has 6 nitrogen and oxygen atoms in total. The van der Waals surface area contributed by atoms with Crippen LogP contribution >= 0.6 is 24.0 Å². The number of benzene rings is 3. The number of hydrogen-bond donors (Lipinski definition) is 1. The molecule has 174 valence electrons. The zero-order valence-corrected chi connectivity index (χ0v) is 20.2. The van der Waals surface area contributed by atoms with Crippen molar-refractivity contribution in [2.75, 3.05) is 11.6 Å². The molecule has 1 amide bonds. The summed E-state index contributed by atoms with van der Waals surface area (Å²) in [5, 5.41) is 16.0. The highest BCUT2D eigenvalue weighted by atomic mass is 32.2. The maximum absolute atomic E-state index is 12.6. The predicted octanol–water partition coefficient (Wildman–Crippen LogP) is 5.33. The van der Waals surface area contributed by atoms with Crippen LogP contribution in [0.2, 0.25) is 0 Å². The van der Waals surface area contributed by atoms with Crippen molar-refractivity contribution >= 4 is 57.7 Å². The fourth-order valence-corrected chi connectivity index (χ4v) is 5.39. The molecule has 35 heavy (non-hydrogen) atoms. The largest absolute Gasteiger partial charge is 0.480 e. The molecule has 0 bridgehead atoms. The lowest BCUT2D eigenvalue weighted by Gasteiger charge is -2.24. The van der Waals surface area contributed by atoms with Crippen LogP contribution in [0, 0.1) is 0 Å². The van der Waals surface area contributed by atoms with Gasteiger partial charge in [-0.2, -0.15) is 5.10 Å². The number of amides is 1. The normalized spacial score (nSPS) is 18.9. The molecular formula is C27H21N3O3S2. The Morgan fingerprint density at radius 3 is 2.34 bits per heavy atom. The molecule has 0 aliphatic carbocycles. The van der Waals surface area contributed by atoms with Crippen LogP contribution < -0.4 is 5.01 Å². The van der Waals surface area contributed by atoms with E-state index in [4.69, 9.17) is 22.4 Å². The second kappa shape index (κ2) is 9.85. The van der Waals surface area contributed by atoms with E-state index in [2.05, 4.69) is 24.3 Å². The summed E-state index contributed by atoms with van der Waals surface area (Å²) in [6.07, 6.45) is 2.53. The Bertz CT molecular complexity index is 1340. The summed E-state index contributed by atoms with van der Waals surface area (Å²) in [5.74, 6) is -1.48. The molecule has 0 spiro atoms. The van der Waals surface area contributed by atoms with Crippen LogP contribution in [-0.4, -0.2) is 38.5 Å². The van der Waals surface area contributed by atoms with E-state index in [9.17, 15) is 9.59 Å². The molecule has 1 unspecified atom stereocenters. The van der Waals surface area contributed by atoms with Crippen molar-refractivity contribution in [1.29, 1.82) is 0 Å². The number of hydrazone groups is 1. The number of anilines is 1. The number of nitrogens with zero attached hydrogens (tertiary/aromatic N) is 3. The molecule has 5 rings (SSSR count). The van der Waals surface area contributed by atoms with Crippen LogP contribution in [0.25, 0.3) is 6.08 Å². The van der Waals surface area contributed by atoms with Crippen LogP contribution in [0.5, 0.6) is 0 Å². The second-order valence-electron chi connectivity index (χ2n) is 8.14. The zero-order chi connectivity index (χ0) is 24.4. The third kappa shape index (κ3) is 4.89. The highest BCUT2D eigenvalue weighted by Crippen LogP contribution is 2.37. The average Bonchev–Trinajstić information content (AvgIpc) is 3.43. The highest BCUT2D eigenvalue weighted by molar-refractivity contribution is 8.26. The first-order valence-electron chi connectivity index (χ1n) is 11.0. The van der Waals surface area contributed by atoms with Crippen LogP contribution in [0.15, 0.2) is 94.9 Å². The van der Waals surface area contributed by atoms with Crippen molar-refractivity contribution in [2.45, 2.75) is 12.5 Å². The first kappa shape index (κ1) is 23.0. The Hall–Kier alpha value is -3.75. The van der Waals surface area contributed by atoms with Crippen molar-refractivity contribution in [3.05, 3.63) is 107 Å². The highest BCUT2D eigenvalue weighted by Gasteiger charge is 2.33. The Balaban J connectivity index is 1.42. The van der Waals surface area contributed by atoms with E-state index in [1.54, 1.807) is 6.08 Å². The number of thiocarbonyl (C=S) groups is 1. The number of carboxylic acid groups (broad SMARTS) is 1. The number of aliphatic carboxylic acids is 1. The van der Waals surface area contributed by atoms with E-state index in [0.717, 1.165) is 45.6 Å². The molecular weight excluding hydrogens is 478 g/mol. The van der Waals surface area contributed by atoms with Gasteiger partial charge in [-0.3, -0.25) is 19.5 Å². The standard InChI is InChI=1S/C27H21N3O3S2/c31-25(32)17-29-26(33)24(35-27(29)34)15-18-11-13-21(14-12-18)30-23(20-9-5-2-6-10-20)16-22(28-30)19-7-3-1-4-8-19/h1-15,23H,16-17H2,(H,31,32)/b24-15-. The summed E-state index contributed by atoms with van der Waals surface area (Å²) in [6, 6.07) is 28.4. The maximum Gasteiger partial charge on any atom is 0.323 e. The van der Waals surface area contributed by atoms with Crippen molar-refractivity contribution in [3.8, 4) is 0 Å². The first-order valence-corrected chi connectivity index (χ1v) is 12.3. The topological polar surface area (TPSA) is 73.2 Å². The van der Waals surface area contributed by atoms with Crippen molar-refractivity contribution in [1.82, 2.24) is 4.90 Å². The molecule has 0 saturated carbocycles. The summed E-state index contributed by atoms with van der Waals surface area (Å²) in [4.78, 5) is 25.1. The molecule has 1 N–H and O–H groups in total. The summed E-state index contributed by atoms with van der Waals surface area (Å²) in [5.41, 5.74) is 5.10. The molecule has 3 aromatic rings. The van der Waals surface area contributed by atoms with Crippen LogP contribution in [-0.2, 0) is 9.59 Å². The number of carboxylic acids is 1. The predicted molar refractivity (Wildman–Crippen MR) is 143 cm³/mol. The van der Waals surface area contributed by atoms with E-state index in [1.165, 1.54) is 5.56 Å². The third-order valence-electron chi connectivity index (χ3n) is 5.82. The minimum Gasteiger partial charge on any atom is -0.480 e. The summed E-state index contributed by atoms with van der Waals surface area (Å²) in [7, 11) is 0. The number of thioether (sulfide) groups is 1. The average molecular weight is 500 g/mol. The van der Waals surface area contributed by atoms with Gasteiger partial charge >= 0.3 is 5.97 Å². The fraction of sp³-hybridized carbons (Fsp3) is 0.111. The molecule has 1 saturated heterocycles. The second-order valence-corrected chi connectivity index (χ2v) is 9.82. The minimum atomic E-state index is -1.10. The zero-order valence-electron chi connectivity index (χ0n) is 18.6. The molecule has 8 heteroatoms. The van der Waals surface area contributed by atoms with E-state index in [0.29, 0.717) is 4.91 Å². The Kier molecular flexibility index (Phi) is 6.48. The van der Waals surface area contributed by atoms with Gasteiger partial charge in [0.15, 0.2) is 0 Å². The number of carbonyl (C=O) groups excluding carboxylic acids is 1. The quantitative estimate of drug-likeness (QED) is 0.365. The monoisotopic (exact) mass is 499 g/mol. The van der Waals surface area contributed by atoms with Gasteiger partial charge < -0.3 is 5.11 Å². The van der Waals surface area contributed by atoms with Crippen LogP contribution in [0.1, 0.15) is 29.2 Å². The summed E-state index contributed by atoms with van der Waals surface area (Å²) >= 11 is 6.29. The molecule has 0 aromatic heterocycles. The van der Waals surface area contributed by atoms with Gasteiger partial charge in [0, 0.05) is 6.42 Å². The molecule has 0 radical (unpaired) electrons. The lowest BCUT2D eigenvalue weighted by Crippen LogP contribution is -2.33. The van der Waals surface area contributed by atoms with E-state index in [-0.39, 0.29) is 16.3 Å². The van der Waals surface area contributed by atoms with Crippen molar-refractivity contribution in [3.63, 3.8) is 0 Å². The van der Waals surface area contributed by atoms with Gasteiger partial charge in [-0.1, -0.05) is 96.8 Å². The van der Waals surface area contributed by atoms with E-state index >= 15 is 0 Å². The van der Waals surface area contributed by atoms with Gasteiger partial charge in [0.05, 0.1) is 22.3 Å². The molecule has 1 atom stereocenters. The van der Waals surface area contributed by atoms with Gasteiger partial charge in [-0.25, -0.2) is 0 Å². The van der Waals surface area contributed by atoms with Gasteiger partial charge in [0.1, 0.15) is 10.9 Å². The number of carbonyl (C=O) groups is 2. The first-order chi connectivity index (χ1) is 17.0. The SMILES string of the molecule is O=C(O)CN1C(=O)/C(=C/c2ccc(N3N=C(c4ccccc4)CC3c3ccccc3)cc2)SC1=S. The van der Waals surface area contributed by atoms with E-state index in [1.807, 2.05) is 65.7 Å². The number of hydrogen-bond acceptors (Lipinski definition) is 6. The smallest absolute Gasteiger partial charge is 0.323 e. The fourth-order valence-electron chi connectivity index (χ4n) is 4.13. The molecule has 1 fully saturated rings. The van der Waals surface area contributed by atoms with Gasteiger partial charge in [0.2, 0.25) is 0 Å². The lowest BCUT2D eigenvalue weighted by atomic mass is 9.98. The Morgan fingerprint density at radius 1 is 1.03 bits per heavy atom. The third-order valence-corrected chi connectivity index (χ3v) is 7.20. The molecule has 2 aliphatic heterocycles. The Morgan fingerprint density at radius 2 is 1.69 bits per heavy atom. The minimum absolute atomic E-state index is 0.0736. The van der Waals surface area contributed by atoms with E-state index < -0.39 is 12.5 Å². The van der Waals surface area contributed by atoms with Crippen molar-refractivity contribution in [2.24, 2.45) is 5.10 Å². The van der Waals surface area contributed by atoms with Gasteiger partial charge in [-0.05, 0) is 34.9 Å². The van der Waals surface area contributed by atoms with Gasteiger partial charge in [-0.15, -0.1) is 0 Å². The Labute approximate surface area is 212 Å². The summed E-state index contributed by atoms with van der Waals surface area (Å²) in [6.45, 7) is -0.432. The molecule has 2 heterocycles. The molecule has 3 aromatic carbocycles. The number of rotatable bonds is 6. The van der Waals surface area contributed by atoms with Crippen LogP contribution in [0.4, 0.5) is 5.69 Å². The maximum atomic E-state index is 12.6.